The van der Waals surface area contributed by atoms with Crippen molar-refractivity contribution in [1.82, 2.24) is 9.63 Å². The van der Waals surface area contributed by atoms with Gasteiger partial charge in [-0.2, -0.15) is 4.73 Å². The molecule has 1 fully saturated rings. The van der Waals surface area contributed by atoms with Gasteiger partial charge in [0, 0.05) is 29.6 Å². The maximum absolute atomic E-state index is 11.2. The van der Waals surface area contributed by atoms with E-state index in [4.69, 9.17) is 4.74 Å². The third-order valence-electron chi connectivity index (χ3n) is 6.01. The molecule has 1 aliphatic heterocycles. The summed E-state index contributed by atoms with van der Waals surface area (Å²) in [5.74, 6) is 0. The average molecular weight is 399 g/mol. The van der Waals surface area contributed by atoms with Crippen molar-refractivity contribution in [1.29, 1.82) is 0 Å². The maximum atomic E-state index is 11.2. The van der Waals surface area contributed by atoms with Crippen molar-refractivity contribution in [3.05, 3.63) is 95.6 Å². The lowest BCUT2D eigenvalue weighted by Crippen LogP contribution is -2.39. The van der Waals surface area contributed by atoms with Crippen LogP contribution in [0.5, 0.6) is 0 Å². The summed E-state index contributed by atoms with van der Waals surface area (Å²) >= 11 is 0. The fourth-order valence-electron chi connectivity index (χ4n) is 4.54. The van der Waals surface area contributed by atoms with E-state index in [-0.39, 0.29) is 6.04 Å². The molecule has 1 aliphatic rings. The minimum atomic E-state index is 0.0306. The van der Waals surface area contributed by atoms with Gasteiger partial charge in [0.15, 0.2) is 0 Å². The molecular weight excluding hydrogens is 372 g/mol. The van der Waals surface area contributed by atoms with Crippen molar-refractivity contribution in [3.63, 3.8) is 0 Å². The molecule has 4 heteroatoms. The zero-order valence-electron chi connectivity index (χ0n) is 17.2. The van der Waals surface area contributed by atoms with Crippen LogP contribution in [-0.4, -0.2) is 41.1 Å². The van der Waals surface area contributed by atoms with E-state index in [0.717, 1.165) is 54.0 Å². The third kappa shape index (κ3) is 3.28. The van der Waals surface area contributed by atoms with Crippen LogP contribution in [0.1, 0.15) is 22.7 Å². The van der Waals surface area contributed by atoms with Crippen LogP contribution in [0.2, 0.25) is 0 Å². The van der Waals surface area contributed by atoms with Crippen LogP contribution in [0.4, 0.5) is 0 Å². The number of aryl methyl sites for hydroxylation is 1. The van der Waals surface area contributed by atoms with Gasteiger partial charge in [-0.1, -0.05) is 78.4 Å². The number of rotatable bonds is 4. The summed E-state index contributed by atoms with van der Waals surface area (Å²) in [6, 6.07) is 27.1. The summed E-state index contributed by atoms with van der Waals surface area (Å²) < 4.78 is 7.01. The highest BCUT2D eigenvalue weighted by Crippen LogP contribution is 2.42. The predicted molar refractivity (Wildman–Crippen MR) is 120 cm³/mol. The van der Waals surface area contributed by atoms with Crippen molar-refractivity contribution in [2.24, 2.45) is 0 Å². The second-order valence-corrected chi connectivity index (χ2v) is 7.92. The molecule has 0 bridgehead atoms. The van der Waals surface area contributed by atoms with Crippen molar-refractivity contribution >= 4 is 10.9 Å². The molecule has 0 amide bonds. The molecule has 30 heavy (non-hydrogen) atoms. The summed E-state index contributed by atoms with van der Waals surface area (Å²) in [7, 11) is 0. The first kappa shape index (κ1) is 18.9. The van der Waals surface area contributed by atoms with Gasteiger partial charge in [-0.15, -0.1) is 0 Å². The lowest BCUT2D eigenvalue weighted by Gasteiger charge is -2.35. The van der Waals surface area contributed by atoms with E-state index in [9.17, 15) is 5.21 Å². The molecule has 1 atom stereocenters. The van der Waals surface area contributed by atoms with Crippen molar-refractivity contribution < 1.29 is 9.94 Å². The molecule has 1 aromatic heterocycles. The first-order chi connectivity index (χ1) is 14.7. The fraction of sp³-hybridized carbons (Fsp3) is 0.231. The standard InChI is InChI=1S/C26H26N2O2/c1-19-11-13-21(14-12-19)25(27-15-17-30-18-16-27)24-22-9-5-6-10-23(22)28(29)26(24)20-7-3-2-4-8-20/h2-14,25,29H,15-18H2,1H3/t25-/m0/s1. The Balaban J connectivity index is 1.80. The second kappa shape index (κ2) is 7.98. The van der Waals surface area contributed by atoms with Crippen LogP contribution < -0.4 is 0 Å². The number of hydrogen-bond donors (Lipinski definition) is 1. The molecule has 4 nitrogen and oxygen atoms in total. The monoisotopic (exact) mass is 398 g/mol. The highest BCUT2D eigenvalue weighted by Gasteiger charge is 2.31. The Hall–Kier alpha value is -3.08. The van der Waals surface area contributed by atoms with Crippen LogP contribution >= 0.6 is 0 Å². The number of aromatic nitrogens is 1. The number of fused-ring (bicyclic) bond motifs is 1. The van der Waals surface area contributed by atoms with Crippen LogP contribution in [0.15, 0.2) is 78.9 Å². The molecule has 5 rings (SSSR count). The molecule has 2 heterocycles. The lowest BCUT2D eigenvalue weighted by atomic mass is 9.91. The Morgan fingerprint density at radius 2 is 1.50 bits per heavy atom. The first-order valence-electron chi connectivity index (χ1n) is 10.5. The van der Waals surface area contributed by atoms with Gasteiger partial charge >= 0.3 is 0 Å². The molecule has 0 saturated carbocycles. The maximum Gasteiger partial charge on any atom is 0.0930 e. The molecule has 4 aromatic rings. The normalized spacial score (nSPS) is 16.0. The summed E-state index contributed by atoms with van der Waals surface area (Å²) in [5.41, 5.74) is 6.32. The van der Waals surface area contributed by atoms with Gasteiger partial charge in [-0.3, -0.25) is 4.90 Å². The molecule has 1 saturated heterocycles. The van der Waals surface area contributed by atoms with E-state index in [1.54, 1.807) is 0 Å². The van der Waals surface area contributed by atoms with Crippen LogP contribution in [0, 0.1) is 6.92 Å². The molecule has 0 radical (unpaired) electrons. The summed E-state index contributed by atoms with van der Waals surface area (Å²) in [4.78, 5) is 2.47. The molecular formula is C26H26N2O2. The first-order valence-corrected chi connectivity index (χ1v) is 10.5. The predicted octanol–water partition coefficient (Wildman–Crippen LogP) is 5.28. The van der Waals surface area contributed by atoms with E-state index in [1.807, 2.05) is 36.4 Å². The Labute approximate surface area is 176 Å². The van der Waals surface area contributed by atoms with Crippen LogP contribution in [0.25, 0.3) is 22.2 Å². The number of nitrogens with zero attached hydrogens (tertiary/aromatic N) is 2. The Morgan fingerprint density at radius 3 is 2.23 bits per heavy atom. The fourth-order valence-corrected chi connectivity index (χ4v) is 4.54. The number of morpholine rings is 1. The van der Waals surface area contributed by atoms with Crippen molar-refractivity contribution in [3.8, 4) is 11.3 Å². The van der Waals surface area contributed by atoms with Gasteiger partial charge < -0.3 is 9.94 Å². The zero-order chi connectivity index (χ0) is 20.5. The van der Waals surface area contributed by atoms with E-state index in [1.165, 1.54) is 15.9 Å². The Kier molecular flexibility index (Phi) is 5.03. The van der Waals surface area contributed by atoms with Gasteiger partial charge in [0.1, 0.15) is 0 Å². The molecule has 3 aromatic carbocycles. The van der Waals surface area contributed by atoms with Gasteiger partial charge in [0.05, 0.1) is 30.5 Å². The highest BCUT2D eigenvalue weighted by molar-refractivity contribution is 5.92. The van der Waals surface area contributed by atoms with Gasteiger partial charge in [-0.25, -0.2) is 0 Å². The number of benzene rings is 3. The van der Waals surface area contributed by atoms with Crippen LogP contribution in [0.3, 0.4) is 0 Å². The summed E-state index contributed by atoms with van der Waals surface area (Å²) in [6.45, 7) is 5.28. The minimum Gasteiger partial charge on any atom is -0.428 e. The number of hydrogen-bond acceptors (Lipinski definition) is 3. The summed E-state index contributed by atoms with van der Waals surface area (Å²) in [6.07, 6.45) is 0. The third-order valence-corrected chi connectivity index (χ3v) is 6.01. The van der Waals surface area contributed by atoms with E-state index in [2.05, 4.69) is 54.3 Å². The molecule has 152 valence electrons. The number of ether oxygens (including phenoxy) is 1. The quantitative estimate of drug-likeness (QED) is 0.476. The van der Waals surface area contributed by atoms with Crippen molar-refractivity contribution in [2.75, 3.05) is 26.3 Å². The van der Waals surface area contributed by atoms with Gasteiger partial charge in [0.25, 0.3) is 0 Å². The van der Waals surface area contributed by atoms with Crippen molar-refractivity contribution in [2.45, 2.75) is 13.0 Å². The van der Waals surface area contributed by atoms with Gasteiger partial charge in [0.2, 0.25) is 0 Å². The molecule has 1 N–H and O–H groups in total. The lowest BCUT2D eigenvalue weighted by molar-refractivity contribution is 0.0241. The Bertz CT molecular complexity index is 1140. The van der Waals surface area contributed by atoms with Crippen LogP contribution in [-0.2, 0) is 4.74 Å². The molecule has 0 unspecified atom stereocenters. The highest BCUT2D eigenvalue weighted by atomic mass is 16.5. The van der Waals surface area contributed by atoms with E-state index >= 15 is 0 Å². The topological polar surface area (TPSA) is 37.6 Å². The molecule has 0 spiro atoms. The largest absolute Gasteiger partial charge is 0.428 e. The Morgan fingerprint density at radius 1 is 0.833 bits per heavy atom. The van der Waals surface area contributed by atoms with E-state index in [0.29, 0.717) is 0 Å². The second-order valence-electron chi connectivity index (χ2n) is 7.92. The molecule has 0 aliphatic carbocycles. The smallest absolute Gasteiger partial charge is 0.0930 e. The minimum absolute atomic E-state index is 0.0306. The van der Waals surface area contributed by atoms with Gasteiger partial charge in [-0.05, 0) is 18.6 Å². The average Bonchev–Trinajstić information content (AvgIpc) is 3.09. The SMILES string of the molecule is Cc1ccc([C@@H](c2c(-c3ccccc3)n(O)c3ccccc23)N2CCOCC2)cc1. The number of para-hydroxylation sites is 1. The summed E-state index contributed by atoms with van der Waals surface area (Å²) in [5, 5.41) is 12.3. The van der Waals surface area contributed by atoms with E-state index < -0.39 is 0 Å². The zero-order valence-corrected chi connectivity index (χ0v) is 17.2.